The van der Waals surface area contributed by atoms with Gasteiger partial charge in [-0.25, -0.2) is 0 Å². The molecule has 0 unspecified atom stereocenters. The van der Waals surface area contributed by atoms with E-state index in [1.54, 1.807) is 6.07 Å². The Labute approximate surface area is 113 Å². The van der Waals surface area contributed by atoms with E-state index >= 15 is 0 Å². The molecule has 0 spiro atoms. The fourth-order valence-corrected chi connectivity index (χ4v) is 2.01. The Hall–Kier alpha value is -0.280. The molecule has 0 heterocycles. The van der Waals surface area contributed by atoms with Gasteiger partial charge >= 0.3 is 0 Å². The Morgan fingerprint density at radius 2 is 1.82 bits per heavy atom. The molecule has 1 aromatic rings. The van der Waals surface area contributed by atoms with Gasteiger partial charge in [-0.05, 0) is 30.2 Å². The van der Waals surface area contributed by atoms with E-state index in [1.165, 1.54) is 6.42 Å². The predicted molar refractivity (Wildman–Crippen MR) is 73.9 cm³/mol. The minimum Gasteiger partial charge on any atom is -0.380 e. The molecule has 0 aliphatic rings. The molecule has 2 nitrogen and oxygen atoms in total. The Bertz CT molecular complexity index is 311. The fraction of sp³-hybridized carbons (Fsp3) is 0.538. The summed E-state index contributed by atoms with van der Waals surface area (Å²) in [5.74, 6) is 0. The zero-order valence-electron chi connectivity index (χ0n) is 10.1. The van der Waals surface area contributed by atoms with Crippen LogP contribution in [0.4, 0.5) is 0 Å². The predicted octanol–water partition coefficient (Wildman–Crippen LogP) is 3.90. The summed E-state index contributed by atoms with van der Waals surface area (Å²) in [6, 6.07) is 5.57. The maximum Gasteiger partial charge on any atom is 0.0591 e. The molecule has 0 aliphatic carbocycles. The van der Waals surface area contributed by atoms with Gasteiger partial charge in [0.2, 0.25) is 0 Å². The standard InChI is InChI=1S/C13H19Cl2NO/c1-2-3-5-17-6-4-16-10-11-7-12(14)9-13(15)8-11/h7-9,16H,2-6,10H2,1H3. The van der Waals surface area contributed by atoms with Crippen LogP contribution in [0.2, 0.25) is 10.0 Å². The lowest BCUT2D eigenvalue weighted by Gasteiger charge is -2.06. The number of rotatable bonds is 8. The SMILES string of the molecule is CCCCOCCNCc1cc(Cl)cc(Cl)c1. The molecule has 96 valence electrons. The second kappa shape index (κ2) is 8.76. The van der Waals surface area contributed by atoms with Crippen molar-refractivity contribution >= 4 is 23.2 Å². The maximum atomic E-state index is 5.91. The molecule has 0 radical (unpaired) electrons. The molecule has 0 fully saturated rings. The van der Waals surface area contributed by atoms with Crippen LogP contribution in [0, 0.1) is 0 Å². The Balaban J connectivity index is 2.13. The van der Waals surface area contributed by atoms with Gasteiger partial charge in [0.15, 0.2) is 0 Å². The number of hydrogen-bond acceptors (Lipinski definition) is 2. The summed E-state index contributed by atoms with van der Waals surface area (Å²) in [5, 5.41) is 4.64. The Morgan fingerprint density at radius 1 is 1.12 bits per heavy atom. The first kappa shape index (κ1) is 14.8. The van der Waals surface area contributed by atoms with Crippen molar-refractivity contribution in [3.05, 3.63) is 33.8 Å². The fourth-order valence-electron chi connectivity index (χ4n) is 1.44. The molecule has 0 amide bonds. The van der Waals surface area contributed by atoms with Gasteiger partial charge < -0.3 is 10.1 Å². The van der Waals surface area contributed by atoms with Crippen molar-refractivity contribution in [2.24, 2.45) is 0 Å². The molecule has 1 aromatic carbocycles. The summed E-state index contributed by atoms with van der Waals surface area (Å²) >= 11 is 11.8. The summed E-state index contributed by atoms with van der Waals surface area (Å²) in [6.45, 7) is 5.35. The van der Waals surface area contributed by atoms with Crippen molar-refractivity contribution in [3.8, 4) is 0 Å². The van der Waals surface area contributed by atoms with Crippen LogP contribution in [0.3, 0.4) is 0 Å². The average molecular weight is 276 g/mol. The van der Waals surface area contributed by atoms with Gasteiger partial charge in [-0.15, -0.1) is 0 Å². The highest BCUT2D eigenvalue weighted by molar-refractivity contribution is 6.34. The number of halogens is 2. The first-order valence-electron chi connectivity index (χ1n) is 5.96. The topological polar surface area (TPSA) is 21.3 Å². The van der Waals surface area contributed by atoms with E-state index in [2.05, 4.69) is 12.2 Å². The highest BCUT2D eigenvalue weighted by atomic mass is 35.5. The third kappa shape index (κ3) is 6.89. The Kier molecular flexibility index (Phi) is 7.62. The number of hydrogen-bond donors (Lipinski definition) is 1. The van der Waals surface area contributed by atoms with Gasteiger partial charge in [-0.3, -0.25) is 0 Å². The molecule has 1 rings (SSSR count). The van der Waals surface area contributed by atoms with Gasteiger partial charge in [0.1, 0.15) is 0 Å². The third-order valence-electron chi connectivity index (χ3n) is 2.32. The number of benzene rings is 1. The van der Waals surface area contributed by atoms with E-state index in [9.17, 15) is 0 Å². The van der Waals surface area contributed by atoms with Gasteiger partial charge in [0.05, 0.1) is 6.61 Å². The number of nitrogens with one attached hydrogen (secondary N) is 1. The van der Waals surface area contributed by atoms with E-state index in [-0.39, 0.29) is 0 Å². The molecule has 0 aromatic heterocycles. The first-order chi connectivity index (χ1) is 8.22. The van der Waals surface area contributed by atoms with Crippen LogP contribution >= 0.6 is 23.2 Å². The van der Waals surface area contributed by atoms with Crippen molar-refractivity contribution in [1.29, 1.82) is 0 Å². The lowest BCUT2D eigenvalue weighted by Crippen LogP contribution is -2.19. The second-order valence-corrected chi connectivity index (χ2v) is 4.79. The van der Waals surface area contributed by atoms with Crippen LogP contribution in [-0.4, -0.2) is 19.8 Å². The molecular weight excluding hydrogens is 257 g/mol. The van der Waals surface area contributed by atoms with E-state index in [0.29, 0.717) is 10.0 Å². The molecule has 0 aliphatic heterocycles. The van der Waals surface area contributed by atoms with Crippen LogP contribution in [0.15, 0.2) is 18.2 Å². The summed E-state index contributed by atoms with van der Waals surface area (Å²) < 4.78 is 5.44. The zero-order valence-corrected chi connectivity index (χ0v) is 11.7. The normalized spacial score (nSPS) is 10.8. The first-order valence-corrected chi connectivity index (χ1v) is 6.71. The highest BCUT2D eigenvalue weighted by Crippen LogP contribution is 2.18. The third-order valence-corrected chi connectivity index (χ3v) is 2.75. The van der Waals surface area contributed by atoms with E-state index in [0.717, 1.165) is 38.3 Å². The molecule has 4 heteroatoms. The van der Waals surface area contributed by atoms with Crippen LogP contribution in [0.1, 0.15) is 25.3 Å². The number of ether oxygens (including phenoxy) is 1. The smallest absolute Gasteiger partial charge is 0.0591 e. The molecule has 17 heavy (non-hydrogen) atoms. The van der Waals surface area contributed by atoms with E-state index < -0.39 is 0 Å². The van der Waals surface area contributed by atoms with E-state index in [4.69, 9.17) is 27.9 Å². The van der Waals surface area contributed by atoms with Crippen molar-refractivity contribution < 1.29 is 4.74 Å². The van der Waals surface area contributed by atoms with Gasteiger partial charge in [-0.2, -0.15) is 0 Å². The van der Waals surface area contributed by atoms with Crippen molar-refractivity contribution in [2.45, 2.75) is 26.3 Å². The largest absolute Gasteiger partial charge is 0.380 e. The van der Waals surface area contributed by atoms with E-state index in [1.807, 2.05) is 12.1 Å². The van der Waals surface area contributed by atoms with Gasteiger partial charge in [-0.1, -0.05) is 36.5 Å². The van der Waals surface area contributed by atoms with Crippen LogP contribution in [0.5, 0.6) is 0 Å². The summed E-state index contributed by atoms with van der Waals surface area (Å²) in [7, 11) is 0. The quantitative estimate of drug-likeness (QED) is 0.727. The summed E-state index contributed by atoms with van der Waals surface area (Å²) in [6.07, 6.45) is 2.30. The van der Waals surface area contributed by atoms with Crippen LogP contribution in [-0.2, 0) is 11.3 Å². The molecule has 0 saturated carbocycles. The highest BCUT2D eigenvalue weighted by Gasteiger charge is 1.97. The van der Waals surface area contributed by atoms with Crippen LogP contribution < -0.4 is 5.32 Å². The average Bonchev–Trinajstić information content (AvgIpc) is 2.26. The van der Waals surface area contributed by atoms with Gasteiger partial charge in [0, 0.05) is 29.7 Å². The van der Waals surface area contributed by atoms with Crippen LogP contribution in [0.25, 0.3) is 0 Å². The molecule has 1 N–H and O–H groups in total. The van der Waals surface area contributed by atoms with Gasteiger partial charge in [0.25, 0.3) is 0 Å². The van der Waals surface area contributed by atoms with Crippen molar-refractivity contribution in [1.82, 2.24) is 5.32 Å². The number of unbranched alkanes of at least 4 members (excludes halogenated alkanes) is 1. The lowest BCUT2D eigenvalue weighted by molar-refractivity contribution is 0.133. The molecule has 0 bridgehead atoms. The summed E-state index contributed by atoms with van der Waals surface area (Å²) in [4.78, 5) is 0. The Morgan fingerprint density at radius 3 is 2.47 bits per heavy atom. The van der Waals surface area contributed by atoms with Crippen molar-refractivity contribution in [2.75, 3.05) is 19.8 Å². The molecule has 0 saturated heterocycles. The van der Waals surface area contributed by atoms with Crippen molar-refractivity contribution in [3.63, 3.8) is 0 Å². The minimum atomic E-state index is 0.675. The zero-order chi connectivity index (χ0) is 12.5. The minimum absolute atomic E-state index is 0.675. The second-order valence-electron chi connectivity index (χ2n) is 3.92. The lowest BCUT2D eigenvalue weighted by atomic mass is 10.2. The molecular formula is C13H19Cl2NO. The summed E-state index contributed by atoms with van der Waals surface area (Å²) in [5.41, 5.74) is 1.09. The monoisotopic (exact) mass is 275 g/mol. The molecule has 0 atom stereocenters. The maximum absolute atomic E-state index is 5.91.